The fourth-order valence-electron chi connectivity index (χ4n) is 2.33. The third-order valence-corrected chi connectivity index (χ3v) is 3.44. The van der Waals surface area contributed by atoms with Crippen LogP contribution in [0.4, 0.5) is 18.9 Å². The number of halogens is 4. The molecule has 1 amide bonds. The van der Waals surface area contributed by atoms with E-state index in [1.807, 2.05) is 0 Å². The number of rotatable bonds is 2. The molecule has 0 bridgehead atoms. The summed E-state index contributed by atoms with van der Waals surface area (Å²) in [6.45, 7) is 1.53. The van der Waals surface area contributed by atoms with Crippen molar-refractivity contribution in [3.05, 3.63) is 29.3 Å². The summed E-state index contributed by atoms with van der Waals surface area (Å²) in [5, 5.41) is 0. The standard InChI is InChI=1S/C13H11ClF3NO2/c1-7-4-9-5-8(11(19)6-14)2-3-10(9)18(7)12(20)13(15,16)17/h2-3,5,7H,4,6H2,1H3. The molecule has 3 nitrogen and oxygen atoms in total. The monoisotopic (exact) mass is 305 g/mol. The van der Waals surface area contributed by atoms with Gasteiger partial charge in [-0.1, -0.05) is 0 Å². The highest BCUT2D eigenvalue weighted by Gasteiger charge is 2.46. The molecule has 108 valence electrons. The van der Waals surface area contributed by atoms with Gasteiger partial charge < -0.3 is 4.90 Å². The van der Waals surface area contributed by atoms with Gasteiger partial charge in [-0.3, -0.25) is 9.59 Å². The van der Waals surface area contributed by atoms with Crippen molar-refractivity contribution in [3.63, 3.8) is 0 Å². The van der Waals surface area contributed by atoms with Gasteiger partial charge in [-0.15, -0.1) is 11.6 Å². The predicted molar refractivity (Wildman–Crippen MR) is 68.2 cm³/mol. The van der Waals surface area contributed by atoms with Crippen LogP contribution in [0.5, 0.6) is 0 Å². The van der Waals surface area contributed by atoms with Gasteiger partial charge in [-0.2, -0.15) is 13.2 Å². The zero-order valence-electron chi connectivity index (χ0n) is 10.5. The Labute approximate surface area is 118 Å². The molecular weight excluding hydrogens is 295 g/mol. The Morgan fingerprint density at radius 1 is 1.40 bits per heavy atom. The first kappa shape index (κ1) is 14.8. The maximum atomic E-state index is 12.6. The van der Waals surface area contributed by atoms with Crippen molar-refractivity contribution in [1.82, 2.24) is 0 Å². The summed E-state index contributed by atoms with van der Waals surface area (Å²) in [5.74, 6) is -2.39. The van der Waals surface area contributed by atoms with E-state index in [4.69, 9.17) is 11.6 Å². The Morgan fingerprint density at radius 2 is 2.05 bits per heavy atom. The van der Waals surface area contributed by atoms with Gasteiger partial charge in [0.25, 0.3) is 0 Å². The second-order valence-electron chi connectivity index (χ2n) is 4.63. The van der Waals surface area contributed by atoms with Crippen molar-refractivity contribution in [1.29, 1.82) is 0 Å². The lowest BCUT2D eigenvalue weighted by atomic mass is 10.0. The topological polar surface area (TPSA) is 37.4 Å². The van der Waals surface area contributed by atoms with E-state index in [-0.39, 0.29) is 23.8 Å². The Bertz CT molecular complexity index is 571. The number of anilines is 1. The van der Waals surface area contributed by atoms with Crippen molar-refractivity contribution >= 4 is 29.0 Å². The first-order valence-corrected chi connectivity index (χ1v) is 6.41. The molecule has 0 aliphatic carbocycles. The molecule has 20 heavy (non-hydrogen) atoms. The van der Waals surface area contributed by atoms with Crippen LogP contribution in [0.3, 0.4) is 0 Å². The van der Waals surface area contributed by atoms with Crippen molar-refractivity contribution in [2.24, 2.45) is 0 Å². The number of hydrogen-bond donors (Lipinski definition) is 0. The lowest BCUT2D eigenvalue weighted by Gasteiger charge is -2.23. The number of carbonyl (C=O) groups excluding carboxylic acids is 2. The van der Waals surface area contributed by atoms with Gasteiger partial charge >= 0.3 is 12.1 Å². The van der Waals surface area contributed by atoms with Gasteiger partial charge in [0.2, 0.25) is 0 Å². The van der Waals surface area contributed by atoms with Crippen molar-refractivity contribution in [2.75, 3.05) is 10.8 Å². The van der Waals surface area contributed by atoms with E-state index in [0.717, 1.165) is 4.90 Å². The SMILES string of the molecule is CC1Cc2cc(C(=O)CCl)ccc2N1C(=O)C(F)(F)F. The summed E-state index contributed by atoms with van der Waals surface area (Å²) >= 11 is 5.44. The molecule has 1 aliphatic heterocycles. The third kappa shape index (κ3) is 2.52. The Morgan fingerprint density at radius 3 is 2.60 bits per heavy atom. The average Bonchev–Trinajstić information content (AvgIpc) is 2.70. The van der Waals surface area contributed by atoms with Crippen LogP contribution in [-0.2, 0) is 11.2 Å². The molecule has 1 heterocycles. The van der Waals surface area contributed by atoms with Gasteiger partial charge in [0.15, 0.2) is 5.78 Å². The number of fused-ring (bicyclic) bond motifs is 1. The summed E-state index contributed by atoms with van der Waals surface area (Å²) < 4.78 is 37.7. The molecule has 1 aromatic carbocycles. The van der Waals surface area contributed by atoms with E-state index >= 15 is 0 Å². The van der Waals surface area contributed by atoms with Crippen LogP contribution in [0.2, 0.25) is 0 Å². The maximum Gasteiger partial charge on any atom is 0.471 e. The van der Waals surface area contributed by atoms with Gasteiger partial charge in [0.1, 0.15) is 0 Å². The molecule has 7 heteroatoms. The maximum absolute atomic E-state index is 12.6. The molecule has 0 N–H and O–H groups in total. The number of benzene rings is 1. The lowest BCUT2D eigenvalue weighted by Crippen LogP contribution is -2.44. The zero-order valence-corrected chi connectivity index (χ0v) is 11.3. The highest BCUT2D eigenvalue weighted by Crippen LogP contribution is 2.36. The molecule has 1 aromatic rings. The highest BCUT2D eigenvalue weighted by atomic mass is 35.5. The molecule has 1 unspecified atom stereocenters. The molecule has 0 fully saturated rings. The average molecular weight is 306 g/mol. The number of hydrogen-bond acceptors (Lipinski definition) is 2. The molecule has 0 saturated carbocycles. The Balaban J connectivity index is 2.40. The van der Waals surface area contributed by atoms with Gasteiger partial charge in [0, 0.05) is 17.3 Å². The number of Topliss-reactive ketones (excluding diaryl/α,β-unsaturated/α-hetero) is 1. The summed E-state index contributed by atoms with van der Waals surface area (Å²) in [6.07, 6.45) is -4.64. The van der Waals surface area contributed by atoms with E-state index < -0.39 is 18.1 Å². The predicted octanol–water partition coefficient (Wildman–Crippen LogP) is 2.95. The summed E-state index contributed by atoms with van der Waals surface area (Å²) in [5.41, 5.74) is 1.09. The summed E-state index contributed by atoms with van der Waals surface area (Å²) in [6, 6.07) is 3.65. The molecule has 0 aromatic heterocycles. The fourth-order valence-corrected chi connectivity index (χ4v) is 2.48. The minimum atomic E-state index is -4.92. The Kier molecular flexibility index (Phi) is 3.77. The lowest BCUT2D eigenvalue weighted by molar-refractivity contribution is -0.170. The minimum absolute atomic E-state index is 0.195. The van der Waals surface area contributed by atoms with Crippen LogP contribution in [-0.4, -0.2) is 29.8 Å². The second kappa shape index (κ2) is 5.09. The van der Waals surface area contributed by atoms with Gasteiger partial charge in [0.05, 0.1) is 5.88 Å². The number of nitrogens with zero attached hydrogens (tertiary/aromatic N) is 1. The molecule has 2 rings (SSSR count). The smallest absolute Gasteiger partial charge is 0.301 e. The third-order valence-electron chi connectivity index (χ3n) is 3.20. The fraction of sp³-hybridized carbons (Fsp3) is 0.385. The van der Waals surface area contributed by atoms with E-state index in [9.17, 15) is 22.8 Å². The van der Waals surface area contributed by atoms with Crippen LogP contribution < -0.4 is 4.90 Å². The first-order chi connectivity index (χ1) is 9.25. The number of amides is 1. The molecule has 0 saturated heterocycles. The molecule has 0 radical (unpaired) electrons. The minimum Gasteiger partial charge on any atom is -0.301 e. The molecule has 0 spiro atoms. The van der Waals surface area contributed by atoms with E-state index in [2.05, 4.69) is 0 Å². The van der Waals surface area contributed by atoms with Crippen LogP contribution in [0.15, 0.2) is 18.2 Å². The van der Waals surface area contributed by atoms with Gasteiger partial charge in [-0.25, -0.2) is 0 Å². The van der Waals surface area contributed by atoms with Crippen molar-refractivity contribution in [3.8, 4) is 0 Å². The first-order valence-electron chi connectivity index (χ1n) is 5.88. The van der Waals surface area contributed by atoms with Crippen LogP contribution in [0, 0.1) is 0 Å². The van der Waals surface area contributed by atoms with Gasteiger partial charge in [-0.05, 0) is 37.1 Å². The summed E-state index contributed by atoms with van der Waals surface area (Å²) in [4.78, 5) is 23.6. The molecular formula is C13H11ClF3NO2. The van der Waals surface area contributed by atoms with E-state index in [1.54, 1.807) is 0 Å². The highest BCUT2D eigenvalue weighted by molar-refractivity contribution is 6.30. The van der Waals surface area contributed by atoms with Crippen molar-refractivity contribution in [2.45, 2.75) is 25.6 Å². The molecule has 1 aliphatic rings. The Hall–Kier alpha value is -1.56. The number of alkyl halides is 4. The normalized spacial score (nSPS) is 18.1. The second-order valence-corrected chi connectivity index (χ2v) is 4.89. The van der Waals surface area contributed by atoms with Crippen LogP contribution in [0.25, 0.3) is 0 Å². The van der Waals surface area contributed by atoms with Crippen LogP contribution >= 0.6 is 11.6 Å². The quantitative estimate of drug-likeness (QED) is 0.622. The van der Waals surface area contributed by atoms with Crippen molar-refractivity contribution < 1.29 is 22.8 Å². The number of ketones is 1. The number of carbonyl (C=O) groups is 2. The van der Waals surface area contributed by atoms with E-state index in [0.29, 0.717) is 11.1 Å². The van der Waals surface area contributed by atoms with Crippen LogP contribution in [0.1, 0.15) is 22.8 Å². The molecule has 1 atom stereocenters. The largest absolute Gasteiger partial charge is 0.471 e. The zero-order chi connectivity index (χ0) is 15.1. The summed E-state index contributed by atoms with van der Waals surface area (Å²) in [7, 11) is 0. The van der Waals surface area contributed by atoms with E-state index in [1.165, 1.54) is 25.1 Å².